The summed E-state index contributed by atoms with van der Waals surface area (Å²) in [5.41, 5.74) is 2.67. The van der Waals surface area contributed by atoms with Crippen LogP contribution in [-0.2, 0) is 0 Å². The standard InChI is InChI=1S/C12H14BrNO/c1-5-9-6-8(2)7-10(11(9)13)12(15)14(3)4/h5-7H,1H2,2-4H3. The third-order valence-electron chi connectivity index (χ3n) is 2.10. The van der Waals surface area contributed by atoms with E-state index in [2.05, 4.69) is 22.5 Å². The van der Waals surface area contributed by atoms with Crippen molar-refractivity contribution in [3.05, 3.63) is 39.9 Å². The molecule has 1 aromatic rings. The first-order valence-corrected chi connectivity index (χ1v) is 5.41. The van der Waals surface area contributed by atoms with E-state index in [0.717, 1.165) is 15.6 Å². The molecule has 0 unspecified atom stereocenters. The minimum absolute atomic E-state index is 0.00586. The van der Waals surface area contributed by atoms with Gasteiger partial charge in [-0.1, -0.05) is 18.7 Å². The minimum atomic E-state index is -0.00586. The Bertz CT molecular complexity index is 410. The van der Waals surface area contributed by atoms with E-state index in [4.69, 9.17) is 0 Å². The Morgan fingerprint density at radius 3 is 2.53 bits per heavy atom. The van der Waals surface area contributed by atoms with Crippen LogP contribution in [0.1, 0.15) is 21.5 Å². The van der Waals surface area contributed by atoms with Crippen molar-refractivity contribution in [2.24, 2.45) is 0 Å². The molecule has 0 spiro atoms. The lowest BCUT2D eigenvalue weighted by atomic mass is 10.1. The molecule has 0 aliphatic heterocycles. The molecule has 0 aliphatic carbocycles. The monoisotopic (exact) mass is 267 g/mol. The van der Waals surface area contributed by atoms with Crippen LogP contribution < -0.4 is 0 Å². The number of benzene rings is 1. The Kier molecular flexibility index (Phi) is 3.69. The Balaban J connectivity index is 3.35. The molecule has 0 fully saturated rings. The summed E-state index contributed by atoms with van der Waals surface area (Å²) in [7, 11) is 3.48. The predicted molar refractivity (Wildman–Crippen MR) is 67.0 cm³/mol. The second-order valence-corrected chi connectivity index (χ2v) is 4.41. The van der Waals surface area contributed by atoms with Crippen molar-refractivity contribution in [1.29, 1.82) is 0 Å². The zero-order valence-electron chi connectivity index (χ0n) is 9.17. The van der Waals surface area contributed by atoms with Crippen LogP contribution in [0.3, 0.4) is 0 Å². The summed E-state index contributed by atoms with van der Waals surface area (Å²) < 4.78 is 0.807. The fourth-order valence-electron chi connectivity index (χ4n) is 1.34. The zero-order chi connectivity index (χ0) is 11.6. The molecule has 0 heterocycles. The SMILES string of the molecule is C=Cc1cc(C)cc(C(=O)N(C)C)c1Br. The number of carbonyl (C=O) groups is 1. The van der Waals surface area contributed by atoms with Crippen LogP contribution in [0.25, 0.3) is 6.08 Å². The molecule has 3 heteroatoms. The van der Waals surface area contributed by atoms with Crippen molar-refractivity contribution >= 4 is 27.9 Å². The van der Waals surface area contributed by atoms with Crippen molar-refractivity contribution in [2.75, 3.05) is 14.1 Å². The van der Waals surface area contributed by atoms with Crippen LogP contribution in [0.4, 0.5) is 0 Å². The molecule has 2 nitrogen and oxygen atoms in total. The predicted octanol–water partition coefficient (Wildman–Crippen LogP) is 3.10. The second kappa shape index (κ2) is 4.62. The van der Waals surface area contributed by atoms with E-state index in [1.165, 1.54) is 0 Å². The van der Waals surface area contributed by atoms with E-state index >= 15 is 0 Å². The van der Waals surface area contributed by atoms with Crippen LogP contribution in [0.15, 0.2) is 23.2 Å². The van der Waals surface area contributed by atoms with Gasteiger partial charge in [-0.25, -0.2) is 0 Å². The number of halogens is 1. The maximum Gasteiger partial charge on any atom is 0.254 e. The van der Waals surface area contributed by atoms with Crippen molar-refractivity contribution in [2.45, 2.75) is 6.92 Å². The van der Waals surface area contributed by atoms with Gasteiger partial charge in [-0.15, -0.1) is 0 Å². The number of rotatable bonds is 2. The Morgan fingerprint density at radius 2 is 2.07 bits per heavy atom. The van der Waals surface area contributed by atoms with Crippen LogP contribution in [0.2, 0.25) is 0 Å². The van der Waals surface area contributed by atoms with Crippen LogP contribution >= 0.6 is 15.9 Å². The molecule has 80 valence electrons. The van der Waals surface area contributed by atoms with Crippen molar-refractivity contribution in [3.8, 4) is 0 Å². The molecule has 15 heavy (non-hydrogen) atoms. The summed E-state index contributed by atoms with van der Waals surface area (Å²) in [6.07, 6.45) is 1.74. The molecular weight excluding hydrogens is 254 g/mol. The Morgan fingerprint density at radius 1 is 1.47 bits per heavy atom. The molecule has 0 radical (unpaired) electrons. The van der Waals surface area contributed by atoms with Gasteiger partial charge in [-0.05, 0) is 40.0 Å². The smallest absolute Gasteiger partial charge is 0.254 e. The minimum Gasteiger partial charge on any atom is -0.345 e. The first-order chi connectivity index (χ1) is 6.97. The second-order valence-electron chi connectivity index (χ2n) is 3.62. The van der Waals surface area contributed by atoms with Gasteiger partial charge in [0, 0.05) is 18.6 Å². The highest BCUT2D eigenvalue weighted by atomic mass is 79.9. The number of hydrogen-bond acceptors (Lipinski definition) is 1. The lowest BCUT2D eigenvalue weighted by molar-refractivity contribution is 0.0826. The maximum atomic E-state index is 11.8. The molecule has 1 rings (SSSR count). The van der Waals surface area contributed by atoms with Crippen molar-refractivity contribution in [3.63, 3.8) is 0 Å². The summed E-state index contributed by atoms with van der Waals surface area (Å²) in [5.74, 6) is -0.00586. The first-order valence-electron chi connectivity index (χ1n) is 4.61. The van der Waals surface area contributed by atoms with Gasteiger partial charge in [-0.2, -0.15) is 0 Å². The number of hydrogen-bond donors (Lipinski definition) is 0. The number of aryl methyl sites for hydroxylation is 1. The molecule has 0 bridgehead atoms. The van der Waals surface area contributed by atoms with Crippen LogP contribution in [-0.4, -0.2) is 24.9 Å². The lowest BCUT2D eigenvalue weighted by Gasteiger charge is -2.13. The van der Waals surface area contributed by atoms with Gasteiger partial charge in [-0.3, -0.25) is 4.79 Å². The fraction of sp³-hybridized carbons (Fsp3) is 0.250. The van der Waals surface area contributed by atoms with Gasteiger partial charge < -0.3 is 4.90 Å². The third-order valence-corrected chi connectivity index (χ3v) is 2.99. The van der Waals surface area contributed by atoms with E-state index < -0.39 is 0 Å². The Hall–Kier alpha value is -1.09. The number of nitrogens with zero attached hydrogens (tertiary/aromatic N) is 1. The Labute approximate surface area is 98.7 Å². The van der Waals surface area contributed by atoms with E-state index in [9.17, 15) is 4.79 Å². The molecule has 1 amide bonds. The van der Waals surface area contributed by atoms with Gasteiger partial charge in [0.25, 0.3) is 5.91 Å². The van der Waals surface area contributed by atoms with E-state index in [-0.39, 0.29) is 5.91 Å². The molecule has 1 aromatic carbocycles. The maximum absolute atomic E-state index is 11.8. The first kappa shape index (κ1) is 12.0. The molecule has 0 saturated carbocycles. The van der Waals surface area contributed by atoms with E-state index in [1.807, 2.05) is 19.1 Å². The van der Waals surface area contributed by atoms with Gasteiger partial charge in [0.05, 0.1) is 5.56 Å². The molecule has 0 N–H and O–H groups in total. The molecule has 0 saturated heterocycles. The van der Waals surface area contributed by atoms with E-state index in [1.54, 1.807) is 25.1 Å². The summed E-state index contributed by atoms with van der Waals surface area (Å²) in [6, 6.07) is 3.86. The molecule has 0 aromatic heterocycles. The largest absolute Gasteiger partial charge is 0.345 e. The fourth-order valence-corrected chi connectivity index (χ4v) is 1.90. The van der Waals surface area contributed by atoms with Crippen LogP contribution in [0, 0.1) is 6.92 Å². The van der Waals surface area contributed by atoms with Gasteiger partial charge in [0.2, 0.25) is 0 Å². The van der Waals surface area contributed by atoms with Crippen molar-refractivity contribution < 1.29 is 4.79 Å². The quantitative estimate of drug-likeness (QED) is 0.807. The van der Waals surface area contributed by atoms with Gasteiger partial charge >= 0.3 is 0 Å². The average molecular weight is 268 g/mol. The molecule has 0 aliphatic rings. The highest BCUT2D eigenvalue weighted by Crippen LogP contribution is 2.25. The zero-order valence-corrected chi connectivity index (χ0v) is 10.8. The van der Waals surface area contributed by atoms with Gasteiger partial charge in [0.15, 0.2) is 0 Å². The number of carbonyl (C=O) groups excluding carboxylic acids is 1. The highest BCUT2D eigenvalue weighted by Gasteiger charge is 2.14. The van der Waals surface area contributed by atoms with Crippen LogP contribution in [0.5, 0.6) is 0 Å². The highest BCUT2D eigenvalue weighted by molar-refractivity contribution is 9.10. The van der Waals surface area contributed by atoms with E-state index in [0.29, 0.717) is 5.56 Å². The topological polar surface area (TPSA) is 20.3 Å². The summed E-state index contributed by atoms with van der Waals surface area (Å²) in [6.45, 7) is 5.69. The molecule has 0 atom stereocenters. The summed E-state index contributed by atoms with van der Waals surface area (Å²) in [5, 5.41) is 0. The average Bonchev–Trinajstić information content (AvgIpc) is 2.19. The summed E-state index contributed by atoms with van der Waals surface area (Å²) >= 11 is 3.43. The lowest BCUT2D eigenvalue weighted by Crippen LogP contribution is -2.22. The summed E-state index contributed by atoms with van der Waals surface area (Å²) in [4.78, 5) is 13.4. The third kappa shape index (κ3) is 2.48. The normalized spacial score (nSPS) is 9.87. The number of amides is 1. The van der Waals surface area contributed by atoms with Crippen molar-refractivity contribution in [1.82, 2.24) is 4.90 Å². The molecular formula is C12H14BrNO. The van der Waals surface area contributed by atoms with Gasteiger partial charge in [0.1, 0.15) is 0 Å².